The molecule has 62 valence electrons. The molecule has 0 aromatic carbocycles. The molecule has 1 heterocycles. The van der Waals surface area contributed by atoms with Crippen LogP contribution in [0, 0.1) is 0 Å². The van der Waals surface area contributed by atoms with Gasteiger partial charge in [-0.15, -0.1) is 0 Å². The molecule has 0 unspecified atom stereocenters. The van der Waals surface area contributed by atoms with Crippen molar-refractivity contribution >= 4 is 10.0 Å². The molecule has 1 saturated heterocycles. The number of rotatable bonds is 3. The highest BCUT2D eigenvalue weighted by atomic mass is 32.2. The Kier molecular flexibility index (Phi) is 2.33. The van der Waals surface area contributed by atoms with Crippen LogP contribution in [0.5, 0.6) is 0 Å². The third-order valence-electron chi connectivity index (χ3n) is 1.50. The molecule has 0 radical (unpaired) electrons. The molecule has 7 heteroatoms. The van der Waals surface area contributed by atoms with Crippen molar-refractivity contribution in [2.45, 2.75) is 0 Å². The summed E-state index contributed by atoms with van der Waals surface area (Å²) in [5.41, 5.74) is 7.89. The van der Waals surface area contributed by atoms with Crippen molar-refractivity contribution in [3.8, 4) is 0 Å². The maximum absolute atomic E-state index is 10.8. The Balaban J connectivity index is 2.35. The van der Waals surface area contributed by atoms with Gasteiger partial charge in [-0.05, 0) is 5.53 Å². The zero-order valence-corrected chi connectivity index (χ0v) is 6.66. The molecule has 1 aliphatic heterocycles. The number of azide groups is 1. The van der Waals surface area contributed by atoms with Gasteiger partial charge in [-0.25, -0.2) is 12.7 Å². The summed E-state index contributed by atoms with van der Waals surface area (Å²) in [6.07, 6.45) is 0. The molecule has 1 fully saturated rings. The summed E-state index contributed by atoms with van der Waals surface area (Å²) >= 11 is 0. The monoisotopic (exact) mass is 176 g/mol. The van der Waals surface area contributed by atoms with Gasteiger partial charge in [0, 0.05) is 24.5 Å². The maximum atomic E-state index is 10.8. The lowest BCUT2D eigenvalue weighted by molar-refractivity contribution is 0.391. The number of nitrogens with zero attached hydrogens (tertiary/aromatic N) is 4. The smallest absolute Gasteiger partial charge is 0.212 e. The van der Waals surface area contributed by atoms with Crippen molar-refractivity contribution in [3.05, 3.63) is 10.4 Å². The summed E-state index contributed by atoms with van der Waals surface area (Å²) in [4.78, 5) is 2.52. The van der Waals surface area contributed by atoms with Gasteiger partial charge in [0.2, 0.25) is 10.0 Å². The number of hydrogen-bond donors (Lipinski definition) is 0. The highest BCUT2D eigenvalue weighted by molar-refractivity contribution is 7.90. The summed E-state index contributed by atoms with van der Waals surface area (Å²) < 4.78 is 22.9. The quantitative estimate of drug-likeness (QED) is 0.342. The van der Waals surface area contributed by atoms with E-state index in [1.54, 1.807) is 0 Å². The highest BCUT2D eigenvalue weighted by Crippen LogP contribution is 2.11. The number of hydrogen-bond acceptors (Lipinski definition) is 3. The minimum Gasteiger partial charge on any atom is -0.212 e. The van der Waals surface area contributed by atoms with Crippen LogP contribution >= 0.6 is 0 Å². The second-order valence-corrected chi connectivity index (χ2v) is 4.26. The fourth-order valence-corrected chi connectivity index (χ4v) is 1.92. The van der Waals surface area contributed by atoms with Gasteiger partial charge >= 0.3 is 0 Å². The Morgan fingerprint density at radius 1 is 1.64 bits per heavy atom. The van der Waals surface area contributed by atoms with E-state index in [2.05, 4.69) is 10.0 Å². The molecule has 6 nitrogen and oxygen atoms in total. The molecule has 0 aromatic rings. The second-order valence-electron chi connectivity index (χ2n) is 2.17. The fraction of sp³-hybridized carbons (Fsp3) is 1.00. The molecule has 0 N–H and O–H groups in total. The Hall–Kier alpha value is -0.780. The zero-order chi connectivity index (χ0) is 8.32. The zero-order valence-electron chi connectivity index (χ0n) is 5.84. The summed E-state index contributed by atoms with van der Waals surface area (Å²) in [6.45, 7) is 1.09. The van der Waals surface area contributed by atoms with E-state index in [-0.39, 0.29) is 12.3 Å². The topological polar surface area (TPSA) is 86.1 Å². The fourth-order valence-electron chi connectivity index (χ4n) is 0.821. The predicted octanol–water partition coefficient (Wildman–Crippen LogP) is -0.0579. The van der Waals surface area contributed by atoms with Crippen LogP contribution in [0.25, 0.3) is 10.4 Å². The first-order valence-corrected chi connectivity index (χ1v) is 4.76. The Bertz CT molecular complexity index is 278. The largest absolute Gasteiger partial charge is 0.215 e. The van der Waals surface area contributed by atoms with Crippen molar-refractivity contribution in [1.29, 1.82) is 0 Å². The maximum Gasteiger partial charge on any atom is 0.215 e. The molecule has 1 aliphatic rings. The highest BCUT2D eigenvalue weighted by Gasteiger charge is 2.31. The normalized spacial score (nSPS) is 21.8. The predicted molar refractivity (Wildman–Crippen MR) is 39.4 cm³/mol. The van der Waals surface area contributed by atoms with Crippen molar-refractivity contribution in [2.24, 2.45) is 5.11 Å². The lowest BCUT2D eigenvalue weighted by Crippen LogP contribution is -2.48. The standard InChI is InChI=1S/C4H8N4O2S/c5-7-6-1-2-8-3-4-11(8,9)10/h1-4H2. The van der Waals surface area contributed by atoms with Gasteiger partial charge in [-0.3, -0.25) is 0 Å². The SMILES string of the molecule is [N-]=[N+]=NCCN1CCS1(=O)=O. The van der Waals surface area contributed by atoms with Crippen LogP contribution < -0.4 is 0 Å². The van der Waals surface area contributed by atoms with Gasteiger partial charge in [-0.1, -0.05) is 5.11 Å². The average Bonchev–Trinajstić information content (AvgIpc) is 1.96. The summed E-state index contributed by atoms with van der Waals surface area (Å²) in [5.74, 6) is 0.225. The van der Waals surface area contributed by atoms with E-state index in [1.165, 1.54) is 4.31 Å². The molecule has 1 rings (SSSR count). The third-order valence-corrected chi connectivity index (χ3v) is 3.36. The molecular formula is C4H8N4O2S. The molecular weight excluding hydrogens is 168 g/mol. The van der Waals surface area contributed by atoms with Gasteiger partial charge in [0.05, 0.1) is 5.75 Å². The molecule has 0 spiro atoms. The van der Waals surface area contributed by atoms with Crippen LogP contribution in [-0.4, -0.2) is 38.1 Å². The van der Waals surface area contributed by atoms with Crippen LogP contribution in [-0.2, 0) is 10.0 Å². The van der Waals surface area contributed by atoms with Crippen LogP contribution in [0.1, 0.15) is 0 Å². The lowest BCUT2D eigenvalue weighted by atomic mass is 10.6. The number of sulfonamides is 1. The molecule has 0 aliphatic carbocycles. The van der Waals surface area contributed by atoms with Crippen LogP contribution in [0.3, 0.4) is 0 Å². The average molecular weight is 176 g/mol. The first-order valence-electron chi connectivity index (χ1n) is 3.15. The van der Waals surface area contributed by atoms with Crippen molar-refractivity contribution in [2.75, 3.05) is 25.4 Å². The summed E-state index contributed by atoms with van der Waals surface area (Å²) in [7, 11) is -2.95. The minimum atomic E-state index is -2.95. The molecule has 0 saturated carbocycles. The van der Waals surface area contributed by atoms with Crippen LogP contribution in [0.2, 0.25) is 0 Å². The molecule has 0 aromatic heterocycles. The first-order chi connectivity index (χ1) is 5.17. The van der Waals surface area contributed by atoms with Gasteiger partial charge < -0.3 is 0 Å². The van der Waals surface area contributed by atoms with E-state index in [4.69, 9.17) is 5.53 Å². The molecule has 0 amide bonds. The second kappa shape index (κ2) is 3.08. The Labute approximate surface area is 64.5 Å². The third kappa shape index (κ3) is 1.83. The molecule has 0 atom stereocenters. The van der Waals surface area contributed by atoms with Gasteiger partial charge in [-0.2, -0.15) is 0 Å². The first kappa shape index (κ1) is 8.32. The van der Waals surface area contributed by atoms with Crippen molar-refractivity contribution in [3.63, 3.8) is 0 Å². The summed E-state index contributed by atoms with van der Waals surface area (Å²) in [6, 6.07) is 0. The minimum absolute atomic E-state index is 0.218. The van der Waals surface area contributed by atoms with Gasteiger partial charge in [0.1, 0.15) is 0 Å². The van der Waals surface area contributed by atoms with E-state index in [9.17, 15) is 8.42 Å². The van der Waals surface area contributed by atoms with E-state index in [1.807, 2.05) is 0 Å². The van der Waals surface area contributed by atoms with E-state index >= 15 is 0 Å². The van der Waals surface area contributed by atoms with Crippen molar-refractivity contribution in [1.82, 2.24) is 4.31 Å². The van der Waals surface area contributed by atoms with E-state index in [0.717, 1.165) is 0 Å². The van der Waals surface area contributed by atoms with Crippen molar-refractivity contribution < 1.29 is 8.42 Å². The Morgan fingerprint density at radius 3 is 2.73 bits per heavy atom. The van der Waals surface area contributed by atoms with Gasteiger partial charge in [0.15, 0.2) is 0 Å². The molecule has 11 heavy (non-hydrogen) atoms. The Morgan fingerprint density at radius 2 is 2.36 bits per heavy atom. The van der Waals surface area contributed by atoms with E-state index < -0.39 is 10.0 Å². The van der Waals surface area contributed by atoms with E-state index in [0.29, 0.717) is 13.1 Å². The summed E-state index contributed by atoms with van der Waals surface area (Å²) in [5, 5.41) is 3.23. The molecule has 0 bridgehead atoms. The lowest BCUT2D eigenvalue weighted by Gasteiger charge is -2.29. The van der Waals surface area contributed by atoms with Gasteiger partial charge in [0.25, 0.3) is 0 Å². The van der Waals surface area contributed by atoms with Crippen LogP contribution in [0.4, 0.5) is 0 Å². The van der Waals surface area contributed by atoms with Crippen LogP contribution in [0.15, 0.2) is 5.11 Å².